The van der Waals surface area contributed by atoms with E-state index in [1.165, 1.54) is 0 Å². The maximum Gasteiger partial charge on any atom is 0.292 e. The lowest BCUT2D eigenvalue weighted by molar-refractivity contribution is -0.388. The SMILES string of the molecule is O=[N+]([O-])c1cc(F)c(Br)cc1S(=O)(=O)NC1CCOc2ccccc21. The molecule has 7 nitrogen and oxygen atoms in total. The van der Waals surface area contributed by atoms with Gasteiger partial charge in [0.05, 0.1) is 28.1 Å². The molecule has 1 aliphatic heterocycles. The van der Waals surface area contributed by atoms with Gasteiger partial charge in [-0.25, -0.2) is 17.5 Å². The quantitative estimate of drug-likeness (QED) is 0.592. The summed E-state index contributed by atoms with van der Waals surface area (Å²) in [5, 5.41) is 11.1. The van der Waals surface area contributed by atoms with E-state index in [4.69, 9.17) is 4.74 Å². The lowest BCUT2D eigenvalue weighted by Gasteiger charge is -2.26. The van der Waals surface area contributed by atoms with Crippen molar-refractivity contribution in [2.24, 2.45) is 0 Å². The molecule has 1 N–H and O–H groups in total. The molecule has 1 aliphatic rings. The summed E-state index contributed by atoms with van der Waals surface area (Å²) in [6.07, 6.45) is 0.367. The number of nitrogens with zero attached hydrogens (tertiary/aromatic N) is 1. The van der Waals surface area contributed by atoms with E-state index >= 15 is 0 Å². The van der Waals surface area contributed by atoms with Crippen LogP contribution in [0.5, 0.6) is 5.75 Å². The molecule has 2 aromatic rings. The zero-order chi connectivity index (χ0) is 18.2. The topological polar surface area (TPSA) is 98.5 Å². The molecule has 0 saturated carbocycles. The zero-order valence-electron chi connectivity index (χ0n) is 12.6. The Hall–Kier alpha value is -2.04. The summed E-state index contributed by atoms with van der Waals surface area (Å²) >= 11 is 2.86. The third-order valence-corrected chi connectivity index (χ3v) is 5.85. The lowest BCUT2D eigenvalue weighted by Crippen LogP contribution is -2.32. The van der Waals surface area contributed by atoms with Crippen LogP contribution in [0, 0.1) is 15.9 Å². The molecule has 10 heteroatoms. The Balaban J connectivity index is 2.02. The van der Waals surface area contributed by atoms with Gasteiger partial charge in [-0.15, -0.1) is 0 Å². The molecule has 2 aromatic carbocycles. The number of nitro groups is 1. The summed E-state index contributed by atoms with van der Waals surface area (Å²) < 4.78 is 46.7. The van der Waals surface area contributed by atoms with Crippen molar-refractivity contribution in [2.45, 2.75) is 17.4 Å². The fourth-order valence-electron chi connectivity index (χ4n) is 2.59. The Labute approximate surface area is 151 Å². The number of rotatable bonds is 4. The van der Waals surface area contributed by atoms with E-state index in [2.05, 4.69) is 20.7 Å². The van der Waals surface area contributed by atoms with Gasteiger partial charge in [0.25, 0.3) is 5.69 Å². The maximum atomic E-state index is 13.6. The van der Waals surface area contributed by atoms with Crippen molar-refractivity contribution >= 4 is 31.6 Å². The molecule has 0 saturated heterocycles. The van der Waals surface area contributed by atoms with E-state index in [-0.39, 0.29) is 4.47 Å². The van der Waals surface area contributed by atoms with Crippen LogP contribution in [-0.4, -0.2) is 19.9 Å². The number of hydrogen-bond acceptors (Lipinski definition) is 5. The third-order valence-electron chi connectivity index (χ3n) is 3.74. The van der Waals surface area contributed by atoms with Crippen LogP contribution in [0.25, 0.3) is 0 Å². The molecule has 0 fully saturated rings. The highest BCUT2D eigenvalue weighted by Gasteiger charge is 2.32. The summed E-state index contributed by atoms with van der Waals surface area (Å²) in [6, 6.07) is 7.81. The minimum Gasteiger partial charge on any atom is -0.493 e. The average molecular weight is 431 g/mol. The predicted molar refractivity (Wildman–Crippen MR) is 90.4 cm³/mol. The Morgan fingerprint density at radius 3 is 2.76 bits per heavy atom. The van der Waals surface area contributed by atoms with Gasteiger partial charge in [0.15, 0.2) is 4.90 Å². The van der Waals surface area contributed by atoms with E-state index in [9.17, 15) is 22.9 Å². The maximum absolute atomic E-state index is 13.6. The summed E-state index contributed by atoms with van der Waals surface area (Å²) in [5.74, 6) is -0.363. The number of para-hydroxylation sites is 1. The number of nitro benzene ring substituents is 1. The van der Waals surface area contributed by atoms with Crippen molar-refractivity contribution in [1.29, 1.82) is 0 Å². The fraction of sp³-hybridized carbons (Fsp3) is 0.200. The second kappa shape index (κ2) is 6.70. The van der Waals surface area contributed by atoms with Crippen LogP contribution < -0.4 is 9.46 Å². The average Bonchev–Trinajstić information content (AvgIpc) is 2.56. The minimum atomic E-state index is -4.26. The van der Waals surface area contributed by atoms with Gasteiger partial charge in [0.2, 0.25) is 10.0 Å². The van der Waals surface area contributed by atoms with E-state index in [1.807, 2.05) is 0 Å². The zero-order valence-corrected chi connectivity index (χ0v) is 15.0. The molecule has 1 heterocycles. The first kappa shape index (κ1) is 17.8. The van der Waals surface area contributed by atoms with E-state index in [0.717, 1.165) is 6.07 Å². The van der Waals surface area contributed by atoms with E-state index < -0.39 is 37.4 Å². The molecule has 0 radical (unpaired) electrons. The largest absolute Gasteiger partial charge is 0.493 e. The van der Waals surface area contributed by atoms with Crippen LogP contribution in [0.1, 0.15) is 18.0 Å². The molecule has 1 atom stereocenters. The van der Waals surface area contributed by atoms with Crippen LogP contribution in [0.3, 0.4) is 0 Å². The Morgan fingerprint density at radius 1 is 1.32 bits per heavy atom. The van der Waals surface area contributed by atoms with Crippen molar-refractivity contribution < 1.29 is 22.5 Å². The molecule has 0 bridgehead atoms. The van der Waals surface area contributed by atoms with Gasteiger partial charge in [-0.1, -0.05) is 18.2 Å². The number of halogens is 2. The monoisotopic (exact) mass is 430 g/mol. The Bertz CT molecular complexity index is 951. The Morgan fingerprint density at radius 2 is 2.04 bits per heavy atom. The highest BCUT2D eigenvalue weighted by Crippen LogP contribution is 2.35. The first-order valence-corrected chi connectivity index (χ1v) is 9.44. The number of sulfonamides is 1. The first-order valence-electron chi connectivity index (χ1n) is 7.17. The van der Waals surface area contributed by atoms with Crippen molar-refractivity contribution in [3.63, 3.8) is 0 Å². The second-order valence-electron chi connectivity index (χ2n) is 5.34. The Kier molecular flexibility index (Phi) is 4.76. The summed E-state index contributed by atoms with van der Waals surface area (Å²) in [7, 11) is -4.26. The molecule has 132 valence electrons. The van der Waals surface area contributed by atoms with Crippen LogP contribution in [0.2, 0.25) is 0 Å². The van der Waals surface area contributed by atoms with Crippen LogP contribution in [0.4, 0.5) is 10.1 Å². The van der Waals surface area contributed by atoms with Gasteiger partial charge in [-0.3, -0.25) is 10.1 Å². The molecule has 0 spiro atoms. The molecular formula is C15H12BrFN2O5S. The summed E-state index contributed by atoms with van der Waals surface area (Å²) in [4.78, 5) is 9.60. The second-order valence-corrected chi connectivity index (χ2v) is 7.88. The van der Waals surface area contributed by atoms with Gasteiger partial charge in [0.1, 0.15) is 11.6 Å². The molecule has 0 aromatic heterocycles. The summed E-state index contributed by atoms with van der Waals surface area (Å²) in [6.45, 7) is 0.305. The molecular weight excluding hydrogens is 419 g/mol. The first-order chi connectivity index (χ1) is 11.8. The van der Waals surface area contributed by atoms with Crippen molar-refractivity contribution in [1.82, 2.24) is 4.72 Å². The van der Waals surface area contributed by atoms with Crippen LogP contribution >= 0.6 is 15.9 Å². The van der Waals surface area contributed by atoms with Gasteiger partial charge in [-0.05, 0) is 28.1 Å². The van der Waals surface area contributed by atoms with E-state index in [1.54, 1.807) is 24.3 Å². The van der Waals surface area contributed by atoms with Crippen molar-refractivity contribution in [3.8, 4) is 5.75 Å². The van der Waals surface area contributed by atoms with E-state index in [0.29, 0.717) is 30.4 Å². The highest BCUT2D eigenvalue weighted by atomic mass is 79.9. The number of hydrogen-bond donors (Lipinski definition) is 1. The molecule has 3 rings (SSSR count). The lowest BCUT2D eigenvalue weighted by atomic mass is 10.0. The third kappa shape index (κ3) is 3.51. The number of nitrogens with one attached hydrogen (secondary N) is 1. The molecule has 1 unspecified atom stereocenters. The van der Waals surface area contributed by atoms with Gasteiger partial charge in [-0.2, -0.15) is 0 Å². The van der Waals surface area contributed by atoms with Crippen molar-refractivity contribution in [3.05, 3.63) is 62.4 Å². The minimum absolute atomic E-state index is 0.175. The van der Waals surface area contributed by atoms with Crippen LogP contribution in [-0.2, 0) is 10.0 Å². The molecule has 0 amide bonds. The highest BCUT2D eigenvalue weighted by molar-refractivity contribution is 9.10. The van der Waals surface area contributed by atoms with Gasteiger partial charge >= 0.3 is 0 Å². The predicted octanol–water partition coefficient (Wildman–Crippen LogP) is 3.30. The van der Waals surface area contributed by atoms with Crippen LogP contribution in [0.15, 0.2) is 45.8 Å². The van der Waals surface area contributed by atoms with Crippen molar-refractivity contribution in [2.75, 3.05) is 6.61 Å². The normalized spacial score (nSPS) is 16.8. The number of benzene rings is 2. The molecule has 0 aliphatic carbocycles. The van der Waals surface area contributed by atoms with Gasteiger partial charge < -0.3 is 4.74 Å². The summed E-state index contributed by atoms with van der Waals surface area (Å²) in [5.41, 5.74) is -0.185. The van der Waals surface area contributed by atoms with Gasteiger partial charge in [0, 0.05) is 12.0 Å². The number of ether oxygens (including phenoxy) is 1. The molecule has 25 heavy (non-hydrogen) atoms. The smallest absolute Gasteiger partial charge is 0.292 e. The number of fused-ring (bicyclic) bond motifs is 1. The fourth-order valence-corrected chi connectivity index (χ4v) is 4.51. The standard InChI is InChI=1S/C15H12BrFN2O5S/c16-10-7-15(13(19(20)21)8-11(10)17)25(22,23)18-12-5-6-24-14-4-2-1-3-9(12)14/h1-4,7-8,12,18H,5-6H2.